The topological polar surface area (TPSA) is 147 Å². The Morgan fingerprint density at radius 1 is 0.878 bits per heavy atom. The first kappa shape index (κ1) is 27.5. The van der Waals surface area contributed by atoms with E-state index in [-0.39, 0.29) is 23.0 Å². The van der Waals surface area contributed by atoms with Gasteiger partial charge in [0.2, 0.25) is 17.6 Å². The molecule has 3 heterocycles. The predicted molar refractivity (Wildman–Crippen MR) is 139 cm³/mol. The van der Waals surface area contributed by atoms with Crippen LogP contribution in [0.5, 0.6) is 0 Å². The van der Waals surface area contributed by atoms with Gasteiger partial charge in [-0.05, 0) is 49.2 Å². The van der Waals surface area contributed by atoms with Crippen molar-refractivity contribution in [2.24, 2.45) is 11.8 Å². The number of nitrogens with zero attached hydrogens (tertiary/aromatic N) is 3. The summed E-state index contributed by atoms with van der Waals surface area (Å²) < 4.78 is 45.6. The Morgan fingerprint density at radius 3 is 2.27 bits per heavy atom. The Bertz CT molecular complexity index is 1570. The van der Waals surface area contributed by atoms with E-state index in [2.05, 4.69) is 25.6 Å². The maximum atomic E-state index is 13.6. The number of hydrogen-bond donors (Lipinski definition) is 3. The second kappa shape index (κ2) is 11.2. The van der Waals surface area contributed by atoms with E-state index in [0.29, 0.717) is 30.5 Å². The van der Waals surface area contributed by atoms with Crippen LogP contribution in [-0.2, 0) is 15.8 Å². The molecule has 0 unspecified atom stereocenters. The molecule has 5 rings (SSSR count). The number of anilines is 2. The standard InChI is InChI=1S/C28H22F3N5O5/c29-28(30,31)23-22(36-26(41-23)15-5-2-1-3-6-15)25(38)34-17-10-11-20(32-14-17)16-9-12-21(33-13-16)35-24(37)18-7-4-8-19(18)27(39)40/h1-3,5-6,9-14,18-19H,4,7-8H2,(H,34,38)(H,39,40)(H,33,35,37)/t18-,19-/m1/s1. The molecule has 0 bridgehead atoms. The van der Waals surface area contributed by atoms with E-state index in [1.165, 1.54) is 36.7 Å². The number of alkyl halides is 3. The fraction of sp³-hybridized carbons (Fsp3) is 0.214. The number of carbonyl (C=O) groups excluding carboxylic acids is 2. The fourth-order valence-corrected chi connectivity index (χ4v) is 4.61. The summed E-state index contributed by atoms with van der Waals surface area (Å²) in [5, 5.41) is 14.3. The van der Waals surface area contributed by atoms with Gasteiger partial charge in [0.1, 0.15) is 5.82 Å². The summed E-state index contributed by atoms with van der Waals surface area (Å²) in [5.74, 6) is -5.44. The van der Waals surface area contributed by atoms with Crippen molar-refractivity contribution in [2.75, 3.05) is 10.6 Å². The molecule has 10 nitrogen and oxygen atoms in total. The molecule has 1 saturated carbocycles. The molecule has 4 aromatic rings. The zero-order valence-corrected chi connectivity index (χ0v) is 21.2. The number of benzene rings is 1. The van der Waals surface area contributed by atoms with Crippen molar-refractivity contribution in [2.45, 2.75) is 25.4 Å². The molecule has 2 amide bonds. The van der Waals surface area contributed by atoms with E-state index in [1.54, 1.807) is 30.3 Å². The lowest BCUT2D eigenvalue weighted by Gasteiger charge is -2.15. The average Bonchev–Trinajstić information content (AvgIpc) is 3.63. The molecule has 13 heteroatoms. The molecule has 1 aliphatic rings. The van der Waals surface area contributed by atoms with Crippen LogP contribution < -0.4 is 10.6 Å². The van der Waals surface area contributed by atoms with E-state index in [1.807, 2.05) is 0 Å². The Kier molecular flexibility index (Phi) is 7.51. The zero-order valence-electron chi connectivity index (χ0n) is 21.2. The first-order valence-corrected chi connectivity index (χ1v) is 12.5. The van der Waals surface area contributed by atoms with Crippen LogP contribution in [0.2, 0.25) is 0 Å². The fourth-order valence-electron chi connectivity index (χ4n) is 4.61. The highest BCUT2D eigenvalue weighted by molar-refractivity contribution is 6.04. The number of carboxylic acid groups (broad SMARTS) is 1. The normalized spacial score (nSPS) is 16.8. The van der Waals surface area contributed by atoms with Crippen molar-refractivity contribution < 1.29 is 37.1 Å². The first-order chi connectivity index (χ1) is 19.6. The number of hydrogen-bond acceptors (Lipinski definition) is 7. The summed E-state index contributed by atoms with van der Waals surface area (Å²) >= 11 is 0. The molecule has 0 radical (unpaired) electrons. The largest absolute Gasteiger partial charge is 0.481 e. The number of rotatable bonds is 7. The Hall–Kier alpha value is -5.07. The number of aliphatic carboxylic acids is 1. The van der Waals surface area contributed by atoms with Gasteiger partial charge in [0.05, 0.1) is 29.4 Å². The minimum atomic E-state index is -4.94. The van der Waals surface area contributed by atoms with Gasteiger partial charge in [0.15, 0.2) is 5.69 Å². The van der Waals surface area contributed by atoms with Gasteiger partial charge in [0.25, 0.3) is 5.91 Å². The van der Waals surface area contributed by atoms with Crippen LogP contribution in [0.25, 0.3) is 22.7 Å². The Balaban J connectivity index is 1.26. The predicted octanol–water partition coefficient (Wildman–Crippen LogP) is 5.51. The van der Waals surface area contributed by atoms with E-state index in [0.717, 1.165) is 0 Å². The van der Waals surface area contributed by atoms with Gasteiger partial charge in [-0.3, -0.25) is 19.4 Å². The van der Waals surface area contributed by atoms with Crippen molar-refractivity contribution in [1.82, 2.24) is 15.0 Å². The summed E-state index contributed by atoms with van der Waals surface area (Å²) in [7, 11) is 0. The molecule has 3 N–H and O–H groups in total. The molecule has 2 atom stereocenters. The minimum Gasteiger partial charge on any atom is -0.481 e. The number of nitrogens with one attached hydrogen (secondary N) is 2. The quantitative estimate of drug-likeness (QED) is 0.266. The lowest BCUT2D eigenvalue weighted by molar-refractivity contribution is -0.153. The number of carbonyl (C=O) groups is 3. The molecule has 0 saturated heterocycles. The third kappa shape index (κ3) is 6.08. The van der Waals surface area contributed by atoms with E-state index in [4.69, 9.17) is 4.42 Å². The number of carboxylic acids is 1. The third-order valence-electron chi connectivity index (χ3n) is 6.62. The molecule has 210 valence electrons. The van der Waals surface area contributed by atoms with Gasteiger partial charge < -0.3 is 20.2 Å². The third-order valence-corrected chi connectivity index (χ3v) is 6.62. The molecule has 1 fully saturated rings. The maximum Gasteiger partial charge on any atom is 0.452 e. The number of amides is 2. The van der Waals surface area contributed by atoms with Gasteiger partial charge in [-0.25, -0.2) is 9.97 Å². The van der Waals surface area contributed by atoms with Crippen LogP contribution >= 0.6 is 0 Å². The lowest BCUT2D eigenvalue weighted by Crippen LogP contribution is -2.30. The van der Waals surface area contributed by atoms with Crippen molar-refractivity contribution in [3.8, 4) is 22.7 Å². The van der Waals surface area contributed by atoms with Gasteiger partial charge in [-0.15, -0.1) is 0 Å². The van der Waals surface area contributed by atoms with E-state index in [9.17, 15) is 32.7 Å². The monoisotopic (exact) mass is 565 g/mol. The summed E-state index contributed by atoms with van der Waals surface area (Å²) in [4.78, 5) is 48.8. The number of oxazole rings is 1. The zero-order chi connectivity index (χ0) is 29.1. The maximum absolute atomic E-state index is 13.6. The number of aromatic nitrogens is 3. The smallest absolute Gasteiger partial charge is 0.452 e. The minimum absolute atomic E-state index is 0.123. The molecule has 41 heavy (non-hydrogen) atoms. The second-order valence-electron chi connectivity index (χ2n) is 9.35. The number of pyridine rings is 2. The molecule has 0 aliphatic heterocycles. The van der Waals surface area contributed by atoms with Crippen molar-refractivity contribution in [3.63, 3.8) is 0 Å². The van der Waals surface area contributed by atoms with Crippen LogP contribution in [0.15, 0.2) is 71.4 Å². The van der Waals surface area contributed by atoms with Crippen LogP contribution in [0.4, 0.5) is 24.7 Å². The van der Waals surface area contributed by atoms with Crippen LogP contribution in [0.1, 0.15) is 35.5 Å². The highest BCUT2D eigenvalue weighted by Gasteiger charge is 2.42. The van der Waals surface area contributed by atoms with Gasteiger partial charge in [-0.1, -0.05) is 24.6 Å². The highest BCUT2D eigenvalue weighted by atomic mass is 19.4. The first-order valence-electron chi connectivity index (χ1n) is 12.5. The second-order valence-corrected chi connectivity index (χ2v) is 9.35. The molecule has 0 spiro atoms. The van der Waals surface area contributed by atoms with Gasteiger partial charge in [-0.2, -0.15) is 13.2 Å². The average molecular weight is 566 g/mol. The molecule has 1 aromatic carbocycles. The van der Waals surface area contributed by atoms with Crippen molar-refractivity contribution >= 4 is 29.3 Å². The van der Waals surface area contributed by atoms with E-state index >= 15 is 0 Å². The molecule has 3 aromatic heterocycles. The Morgan fingerprint density at radius 2 is 1.63 bits per heavy atom. The Labute approximate surface area is 230 Å². The van der Waals surface area contributed by atoms with Crippen molar-refractivity contribution in [1.29, 1.82) is 0 Å². The van der Waals surface area contributed by atoms with Gasteiger partial charge >= 0.3 is 12.1 Å². The summed E-state index contributed by atoms with van der Waals surface area (Å²) in [6.07, 6.45) is -0.603. The summed E-state index contributed by atoms with van der Waals surface area (Å²) in [6, 6.07) is 14.1. The lowest BCUT2D eigenvalue weighted by atomic mass is 9.95. The highest BCUT2D eigenvalue weighted by Crippen LogP contribution is 2.36. The summed E-state index contributed by atoms with van der Waals surface area (Å²) in [6.45, 7) is 0. The van der Waals surface area contributed by atoms with Crippen molar-refractivity contribution in [3.05, 3.63) is 78.4 Å². The molecular formula is C28H22F3N5O5. The van der Waals surface area contributed by atoms with Gasteiger partial charge in [0, 0.05) is 17.3 Å². The van der Waals surface area contributed by atoms with Crippen LogP contribution in [0, 0.1) is 11.8 Å². The van der Waals surface area contributed by atoms with E-state index < -0.39 is 47.2 Å². The SMILES string of the molecule is O=C(Nc1ccc(-c2ccc(NC(=O)[C@@H]3CCC[C@H]3C(=O)O)nc2)nc1)c1nc(-c2ccccc2)oc1C(F)(F)F. The number of halogens is 3. The van der Waals surface area contributed by atoms with Crippen LogP contribution in [-0.4, -0.2) is 37.8 Å². The summed E-state index contributed by atoms with van der Waals surface area (Å²) in [5.41, 5.74) is 0.504. The van der Waals surface area contributed by atoms with Crippen LogP contribution in [0.3, 0.4) is 0 Å². The molecular weight excluding hydrogens is 543 g/mol. The molecule has 1 aliphatic carbocycles.